The van der Waals surface area contributed by atoms with Crippen LogP contribution in [0.5, 0.6) is 0 Å². The van der Waals surface area contributed by atoms with E-state index in [9.17, 15) is 4.79 Å². The first-order chi connectivity index (χ1) is 10.2. The van der Waals surface area contributed by atoms with Crippen LogP contribution in [-0.4, -0.2) is 30.4 Å². The molecule has 0 aliphatic carbocycles. The zero-order chi connectivity index (χ0) is 14.4. The molecule has 0 N–H and O–H groups in total. The summed E-state index contributed by atoms with van der Waals surface area (Å²) in [5.74, 6) is 2.84. The molecule has 4 nitrogen and oxygen atoms in total. The van der Waals surface area contributed by atoms with Crippen LogP contribution in [0.2, 0.25) is 0 Å². The highest BCUT2D eigenvalue weighted by molar-refractivity contribution is 7.08. The minimum Gasteiger partial charge on any atom is -0.465 e. The Morgan fingerprint density at radius 2 is 2.19 bits per heavy atom. The molecule has 2 aromatic rings. The highest BCUT2D eigenvalue weighted by Gasteiger charge is 2.46. The highest BCUT2D eigenvalue weighted by atomic mass is 32.1. The number of amides is 1. The molecule has 0 spiro atoms. The number of hydrogen-bond donors (Lipinski definition) is 0. The Bertz CT molecular complexity index is 649. The number of furan rings is 1. The van der Waals surface area contributed by atoms with Gasteiger partial charge in [0.15, 0.2) is 0 Å². The summed E-state index contributed by atoms with van der Waals surface area (Å²) in [6.45, 7) is 5.46. The van der Waals surface area contributed by atoms with Gasteiger partial charge in [-0.2, -0.15) is 11.3 Å². The maximum Gasteiger partial charge on any atom is 0.231 e. The Labute approximate surface area is 128 Å². The first-order valence-corrected chi connectivity index (χ1v) is 8.26. The fourth-order valence-electron chi connectivity index (χ4n) is 3.51. The third kappa shape index (κ3) is 2.30. The van der Waals surface area contributed by atoms with E-state index in [1.54, 1.807) is 11.3 Å². The van der Waals surface area contributed by atoms with Crippen LogP contribution in [0.15, 0.2) is 33.4 Å². The molecule has 0 unspecified atom stereocenters. The number of carbonyl (C=O) groups is 1. The van der Waals surface area contributed by atoms with Gasteiger partial charge in [-0.3, -0.25) is 9.69 Å². The van der Waals surface area contributed by atoms with Crippen LogP contribution in [0.4, 0.5) is 5.69 Å². The van der Waals surface area contributed by atoms with Crippen LogP contribution in [0, 0.1) is 18.8 Å². The molecule has 0 aromatic carbocycles. The Kier molecular flexibility index (Phi) is 3.12. The highest BCUT2D eigenvalue weighted by Crippen LogP contribution is 2.36. The Morgan fingerprint density at radius 3 is 2.86 bits per heavy atom. The van der Waals surface area contributed by atoms with Gasteiger partial charge in [-0.15, -0.1) is 0 Å². The summed E-state index contributed by atoms with van der Waals surface area (Å²) in [7, 11) is 0. The summed E-state index contributed by atoms with van der Waals surface area (Å²) < 4.78 is 5.64. The lowest BCUT2D eigenvalue weighted by Crippen LogP contribution is -2.32. The fourth-order valence-corrected chi connectivity index (χ4v) is 4.15. The maximum atomic E-state index is 12.6. The van der Waals surface area contributed by atoms with Crippen molar-refractivity contribution < 1.29 is 9.21 Å². The molecule has 110 valence electrons. The predicted octanol–water partition coefficient (Wildman–Crippen LogP) is 2.74. The van der Waals surface area contributed by atoms with Crippen LogP contribution in [-0.2, 0) is 11.3 Å². The number of aryl methyl sites for hydroxylation is 1. The Balaban J connectivity index is 1.43. The summed E-state index contributed by atoms with van der Waals surface area (Å²) in [5.41, 5.74) is 1.06. The average molecular weight is 302 g/mol. The van der Waals surface area contributed by atoms with Crippen molar-refractivity contribution in [3.8, 4) is 0 Å². The number of rotatable bonds is 3. The summed E-state index contributed by atoms with van der Waals surface area (Å²) in [4.78, 5) is 16.9. The van der Waals surface area contributed by atoms with Crippen molar-refractivity contribution in [2.45, 2.75) is 13.5 Å². The molecule has 0 saturated carbocycles. The third-order valence-corrected chi connectivity index (χ3v) is 5.18. The van der Waals surface area contributed by atoms with Gasteiger partial charge in [-0.25, -0.2) is 0 Å². The van der Waals surface area contributed by atoms with Gasteiger partial charge in [0, 0.05) is 30.9 Å². The average Bonchev–Trinajstić information content (AvgIpc) is 3.18. The zero-order valence-corrected chi connectivity index (χ0v) is 12.8. The quantitative estimate of drug-likeness (QED) is 0.875. The molecule has 0 bridgehead atoms. The van der Waals surface area contributed by atoms with E-state index < -0.39 is 0 Å². The van der Waals surface area contributed by atoms with Crippen molar-refractivity contribution in [2.24, 2.45) is 11.8 Å². The second kappa shape index (κ2) is 5.00. The van der Waals surface area contributed by atoms with Crippen LogP contribution >= 0.6 is 11.3 Å². The van der Waals surface area contributed by atoms with E-state index in [0.29, 0.717) is 5.92 Å². The van der Waals surface area contributed by atoms with E-state index in [-0.39, 0.29) is 11.8 Å². The SMILES string of the molecule is Cc1ccc(CN2C[C@@H]3CN(c4ccsc4)C(=O)[C@@H]3C2)o1. The van der Waals surface area contributed by atoms with E-state index in [2.05, 4.69) is 10.3 Å². The number of likely N-dealkylation sites (tertiary alicyclic amines) is 1. The lowest BCUT2D eigenvalue weighted by Gasteiger charge is -2.20. The molecule has 2 saturated heterocycles. The van der Waals surface area contributed by atoms with Gasteiger partial charge < -0.3 is 9.32 Å². The normalized spacial score (nSPS) is 25.8. The van der Waals surface area contributed by atoms with Crippen molar-refractivity contribution in [2.75, 3.05) is 24.5 Å². The van der Waals surface area contributed by atoms with Gasteiger partial charge in [0.2, 0.25) is 5.91 Å². The van der Waals surface area contributed by atoms with Crippen molar-refractivity contribution in [1.82, 2.24) is 4.90 Å². The summed E-state index contributed by atoms with van der Waals surface area (Å²) in [6.07, 6.45) is 0. The van der Waals surface area contributed by atoms with Crippen molar-refractivity contribution in [3.05, 3.63) is 40.5 Å². The lowest BCUT2D eigenvalue weighted by atomic mass is 10.0. The molecule has 4 rings (SSSR count). The Hall–Kier alpha value is -1.59. The fraction of sp³-hybridized carbons (Fsp3) is 0.438. The maximum absolute atomic E-state index is 12.6. The minimum atomic E-state index is 0.154. The standard InChI is InChI=1S/C16H18N2O2S/c1-11-2-3-14(20-11)8-17-6-12-7-18(13-4-5-21-10-13)16(19)15(12)9-17/h2-5,10,12,15H,6-9H2,1H3/t12-,15-/m1/s1. The monoisotopic (exact) mass is 302 g/mol. The van der Waals surface area contributed by atoms with Gasteiger partial charge in [0.25, 0.3) is 0 Å². The minimum absolute atomic E-state index is 0.154. The van der Waals surface area contributed by atoms with Crippen molar-refractivity contribution in [3.63, 3.8) is 0 Å². The van der Waals surface area contributed by atoms with E-state index in [4.69, 9.17) is 4.42 Å². The lowest BCUT2D eigenvalue weighted by molar-refractivity contribution is -0.120. The summed E-state index contributed by atoms with van der Waals surface area (Å²) in [5, 5.41) is 4.09. The first kappa shape index (κ1) is 13.1. The number of hydrogen-bond acceptors (Lipinski definition) is 4. The van der Waals surface area contributed by atoms with E-state index in [1.807, 2.05) is 35.4 Å². The van der Waals surface area contributed by atoms with Gasteiger partial charge in [-0.1, -0.05) is 0 Å². The number of carbonyl (C=O) groups excluding carboxylic acids is 1. The number of nitrogens with zero attached hydrogens (tertiary/aromatic N) is 2. The Morgan fingerprint density at radius 1 is 1.29 bits per heavy atom. The molecule has 2 aromatic heterocycles. The largest absolute Gasteiger partial charge is 0.465 e. The van der Waals surface area contributed by atoms with Gasteiger partial charge in [-0.05, 0) is 30.5 Å². The molecule has 2 fully saturated rings. The van der Waals surface area contributed by atoms with E-state index >= 15 is 0 Å². The van der Waals surface area contributed by atoms with Crippen molar-refractivity contribution >= 4 is 22.9 Å². The number of thiophene rings is 1. The molecule has 1 amide bonds. The van der Waals surface area contributed by atoms with Crippen molar-refractivity contribution in [1.29, 1.82) is 0 Å². The first-order valence-electron chi connectivity index (χ1n) is 7.32. The van der Waals surface area contributed by atoms with Crippen LogP contribution < -0.4 is 4.90 Å². The molecule has 0 radical (unpaired) electrons. The molecule has 2 aliphatic heterocycles. The summed E-state index contributed by atoms with van der Waals surface area (Å²) >= 11 is 1.64. The molecule has 2 aliphatic rings. The molecule has 21 heavy (non-hydrogen) atoms. The molecule has 5 heteroatoms. The zero-order valence-electron chi connectivity index (χ0n) is 12.0. The number of fused-ring (bicyclic) bond motifs is 1. The second-order valence-corrected chi connectivity index (χ2v) is 6.78. The third-order valence-electron chi connectivity index (χ3n) is 4.51. The van der Waals surface area contributed by atoms with E-state index in [0.717, 1.165) is 43.4 Å². The van der Waals surface area contributed by atoms with E-state index in [1.165, 1.54) is 0 Å². The molecular weight excluding hydrogens is 284 g/mol. The second-order valence-electron chi connectivity index (χ2n) is 6.00. The van der Waals surface area contributed by atoms with Crippen LogP contribution in [0.25, 0.3) is 0 Å². The van der Waals surface area contributed by atoms with Crippen LogP contribution in [0.3, 0.4) is 0 Å². The topological polar surface area (TPSA) is 36.7 Å². The smallest absolute Gasteiger partial charge is 0.231 e. The predicted molar refractivity (Wildman–Crippen MR) is 82.4 cm³/mol. The molecular formula is C16H18N2O2S. The molecule has 4 heterocycles. The molecule has 2 atom stereocenters. The van der Waals surface area contributed by atoms with Gasteiger partial charge in [0.05, 0.1) is 18.2 Å². The van der Waals surface area contributed by atoms with Gasteiger partial charge in [0.1, 0.15) is 11.5 Å². The van der Waals surface area contributed by atoms with Crippen LogP contribution in [0.1, 0.15) is 11.5 Å². The number of anilines is 1. The van der Waals surface area contributed by atoms with Gasteiger partial charge >= 0.3 is 0 Å². The summed E-state index contributed by atoms with van der Waals surface area (Å²) in [6, 6.07) is 6.06.